The Hall–Kier alpha value is -0.850. The second-order valence-corrected chi connectivity index (χ2v) is 9.24. The van der Waals surface area contributed by atoms with Gasteiger partial charge in [-0.05, 0) is 52.9 Å². The van der Waals surface area contributed by atoms with E-state index in [2.05, 4.69) is 5.32 Å². The summed E-state index contributed by atoms with van der Waals surface area (Å²) >= 11 is 0. The van der Waals surface area contributed by atoms with Crippen molar-refractivity contribution in [2.45, 2.75) is 116 Å². The Labute approximate surface area is 184 Å². The summed E-state index contributed by atoms with van der Waals surface area (Å²) in [7, 11) is 0. The summed E-state index contributed by atoms with van der Waals surface area (Å²) in [4.78, 5) is 11.5. The number of hydrogen-bond donors (Lipinski definition) is 1. The van der Waals surface area contributed by atoms with Gasteiger partial charge in [-0.1, -0.05) is 51.4 Å². The molecular weight excluding hydrogens is 382 g/mol. The van der Waals surface area contributed by atoms with Crippen molar-refractivity contribution in [2.24, 2.45) is 0 Å². The van der Waals surface area contributed by atoms with Gasteiger partial charge in [0.25, 0.3) is 0 Å². The van der Waals surface area contributed by atoms with E-state index >= 15 is 0 Å². The van der Waals surface area contributed by atoms with E-state index in [1.807, 2.05) is 20.8 Å². The lowest BCUT2D eigenvalue weighted by molar-refractivity contribution is -0.169. The van der Waals surface area contributed by atoms with Gasteiger partial charge in [0.15, 0.2) is 6.29 Å². The first-order chi connectivity index (χ1) is 14.5. The van der Waals surface area contributed by atoms with E-state index in [4.69, 9.17) is 18.9 Å². The minimum atomic E-state index is -0.421. The molecule has 1 N–H and O–H groups in total. The maximum atomic E-state index is 11.5. The average Bonchev–Trinajstić information content (AvgIpc) is 2.69. The third-order valence-electron chi connectivity index (χ3n) is 5.05. The molecule has 0 aliphatic carbocycles. The van der Waals surface area contributed by atoms with Crippen LogP contribution < -0.4 is 5.32 Å². The Kier molecular flexibility index (Phi) is 16.1. The molecule has 0 spiro atoms. The molecule has 30 heavy (non-hydrogen) atoms. The Morgan fingerprint density at radius 3 is 2.10 bits per heavy atom. The van der Waals surface area contributed by atoms with Crippen LogP contribution in [0.4, 0.5) is 4.79 Å². The first kappa shape index (κ1) is 27.2. The summed E-state index contributed by atoms with van der Waals surface area (Å²) in [6, 6.07) is 0. The molecule has 0 bridgehead atoms. The van der Waals surface area contributed by atoms with Gasteiger partial charge in [-0.2, -0.15) is 0 Å². The number of alkyl carbamates (subject to hydrolysis) is 1. The molecule has 0 radical (unpaired) electrons. The molecule has 0 saturated carbocycles. The molecule has 1 fully saturated rings. The van der Waals surface area contributed by atoms with Gasteiger partial charge < -0.3 is 24.3 Å². The molecule has 1 aliphatic heterocycles. The van der Waals surface area contributed by atoms with E-state index in [1.165, 1.54) is 57.8 Å². The maximum Gasteiger partial charge on any atom is 0.407 e. The zero-order valence-electron chi connectivity index (χ0n) is 19.8. The number of unbranched alkanes of at least 4 members (excludes halogenated alkanes) is 9. The van der Waals surface area contributed by atoms with Crippen molar-refractivity contribution in [3.63, 3.8) is 0 Å². The Bertz CT molecular complexity index is 405. The molecule has 1 aliphatic rings. The number of nitrogens with one attached hydrogen (secondary N) is 1. The van der Waals surface area contributed by atoms with E-state index in [-0.39, 0.29) is 12.4 Å². The van der Waals surface area contributed by atoms with Gasteiger partial charge in [0.1, 0.15) is 5.60 Å². The molecule has 1 amide bonds. The number of amides is 1. The van der Waals surface area contributed by atoms with Crippen molar-refractivity contribution in [3.8, 4) is 0 Å². The molecule has 0 aromatic carbocycles. The van der Waals surface area contributed by atoms with E-state index in [0.29, 0.717) is 19.8 Å². The minimum Gasteiger partial charge on any atom is -0.444 e. The number of carbonyl (C=O) groups excluding carboxylic acids is 1. The van der Waals surface area contributed by atoms with Crippen LogP contribution in [0.5, 0.6) is 0 Å². The topological polar surface area (TPSA) is 66.0 Å². The second kappa shape index (κ2) is 17.8. The highest BCUT2D eigenvalue weighted by Crippen LogP contribution is 2.13. The zero-order chi connectivity index (χ0) is 21.9. The number of ether oxygens (including phenoxy) is 4. The maximum absolute atomic E-state index is 11.5. The van der Waals surface area contributed by atoms with Crippen LogP contribution in [0.3, 0.4) is 0 Å². The number of carbonyl (C=O) groups is 1. The monoisotopic (exact) mass is 429 g/mol. The fraction of sp³-hybridized carbons (Fsp3) is 0.958. The van der Waals surface area contributed by atoms with Crippen LogP contribution >= 0.6 is 0 Å². The fourth-order valence-corrected chi connectivity index (χ4v) is 3.43. The minimum absolute atomic E-state index is 0.00347. The van der Waals surface area contributed by atoms with E-state index in [9.17, 15) is 4.79 Å². The smallest absolute Gasteiger partial charge is 0.407 e. The Morgan fingerprint density at radius 1 is 0.867 bits per heavy atom. The molecule has 0 aromatic heterocycles. The van der Waals surface area contributed by atoms with Crippen LogP contribution in [0.2, 0.25) is 0 Å². The fourth-order valence-electron chi connectivity index (χ4n) is 3.43. The molecular formula is C24H47NO5. The Balaban J connectivity index is 1.70. The van der Waals surface area contributed by atoms with Crippen molar-refractivity contribution in [3.05, 3.63) is 0 Å². The first-order valence-corrected chi connectivity index (χ1v) is 12.3. The van der Waals surface area contributed by atoms with Crippen LogP contribution in [0, 0.1) is 0 Å². The van der Waals surface area contributed by atoms with Crippen LogP contribution in [0.25, 0.3) is 0 Å². The van der Waals surface area contributed by atoms with Gasteiger partial charge in [0, 0.05) is 19.8 Å². The zero-order valence-corrected chi connectivity index (χ0v) is 19.8. The molecule has 6 heteroatoms. The largest absolute Gasteiger partial charge is 0.444 e. The highest BCUT2D eigenvalue weighted by Gasteiger charge is 2.15. The van der Waals surface area contributed by atoms with Gasteiger partial charge in [-0.3, -0.25) is 0 Å². The standard InChI is InChI=1S/C24H47NO5/c1-24(2,3)30-23(26)25-17-13-10-8-6-4-5-7-9-11-14-18-27-20-21-29-22-16-12-15-19-28-22/h22H,4-21H2,1-3H3,(H,25,26). The normalized spacial score (nSPS) is 17.1. The SMILES string of the molecule is CC(C)(C)OC(=O)NCCCCCCCCCCCCOCCOC1CCCCO1. The second-order valence-electron chi connectivity index (χ2n) is 9.24. The van der Waals surface area contributed by atoms with Crippen molar-refractivity contribution in [2.75, 3.05) is 33.0 Å². The average molecular weight is 430 g/mol. The predicted octanol–water partition coefficient (Wildman–Crippen LogP) is 5.97. The van der Waals surface area contributed by atoms with Crippen molar-refractivity contribution in [1.82, 2.24) is 5.32 Å². The van der Waals surface area contributed by atoms with Crippen LogP contribution in [0.1, 0.15) is 104 Å². The first-order valence-electron chi connectivity index (χ1n) is 12.3. The van der Waals surface area contributed by atoms with E-state index < -0.39 is 5.60 Å². The van der Waals surface area contributed by atoms with E-state index in [1.54, 1.807) is 0 Å². The summed E-state index contributed by atoms with van der Waals surface area (Å²) in [5.41, 5.74) is -0.421. The van der Waals surface area contributed by atoms with Gasteiger partial charge >= 0.3 is 6.09 Å². The van der Waals surface area contributed by atoms with Gasteiger partial charge in [0.2, 0.25) is 0 Å². The van der Waals surface area contributed by atoms with Crippen LogP contribution in [-0.4, -0.2) is 51.0 Å². The Morgan fingerprint density at radius 2 is 1.50 bits per heavy atom. The van der Waals surface area contributed by atoms with Gasteiger partial charge in [-0.25, -0.2) is 4.79 Å². The van der Waals surface area contributed by atoms with Crippen LogP contribution in [0.15, 0.2) is 0 Å². The molecule has 1 atom stereocenters. The van der Waals surface area contributed by atoms with Gasteiger partial charge in [-0.15, -0.1) is 0 Å². The molecule has 6 nitrogen and oxygen atoms in total. The van der Waals surface area contributed by atoms with Crippen molar-refractivity contribution < 1.29 is 23.7 Å². The molecule has 0 aromatic rings. The van der Waals surface area contributed by atoms with Gasteiger partial charge in [0.05, 0.1) is 13.2 Å². The third kappa shape index (κ3) is 18.0. The highest BCUT2D eigenvalue weighted by molar-refractivity contribution is 5.67. The predicted molar refractivity (Wildman–Crippen MR) is 121 cm³/mol. The third-order valence-corrected chi connectivity index (χ3v) is 5.05. The van der Waals surface area contributed by atoms with E-state index in [0.717, 1.165) is 38.9 Å². The summed E-state index contributed by atoms with van der Waals surface area (Å²) in [6.07, 6.45) is 15.5. The lowest BCUT2D eigenvalue weighted by Crippen LogP contribution is -2.32. The lowest BCUT2D eigenvalue weighted by Gasteiger charge is -2.22. The summed E-state index contributed by atoms with van der Waals surface area (Å²) < 4.78 is 22.0. The molecule has 178 valence electrons. The van der Waals surface area contributed by atoms with Crippen LogP contribution in [-0.2, 0) is 18.9 Å². The van der Waals surface area contributed by atoms with Crippen molar-refractivity contribution >= 4 is 6.09 Å². The molecule has 1 unspecified atom stereocenters. The molecule has 1 heterocycles. The number of hydrogen-bond acceptors (Lipinski definition) is 5. The summed E-state index contributed by atoms with van der Waals surface area (Å²) in [5.74, 6) is 0. The summed E-state index contributed by atoms with van der Waals surface area (Å²) in [6.45, 7) is 9.33. The lowest BCUT2D eigenvalue weighted by atomic mass is 10.1. The molecule has 1 saturated heterocycles. The summed E-state index contributed by atoms with van der Waals surface area (Å²) in [5, 5.41) is 2.82. The molecule has 1 rings (SSSR count). The quantitative estimate of drug-likeness (QED) is 0.288. The number of rotatable bonds is 17. The highest BCUT2D eigenvalue weighted by atomic mass is 16.7. The van der Waals surface area contributed by atoms with Crippen molar-refractivity contribution in [1.29, 1.82) is 0 Å².